The maximum Gasteiger partial charge on any atom is 0.310 e. The molecule has 0 fully saturated rings. The Kier molecular flexibility index (Phi) is 3.19. The van der Waals surface area contributed by atoms with Crippen LogP contribution in [-0.2, 0) is 11.3 Å². The first kappa shape index (κ1) is 12.4. The van der Waals surface area contributed by atoms with Crippen LogP contribution in [-0.4, -0.2) is 15.6 Å². The lowest BCUT2D eigenvalue weighted by atomic mass is 10.0. The summed E-state index contributed by atoms with van der Waals surface area (Å²) < 4.78 is 1.62. The Morgan fingerprint density at radius 3 is 2.67 bits per heavy atom. The highest BCUT2D eigenvalue weighted by Crippen LogP contribution is 2.18. The third-order valence-corrected chi connectivity index (χ3v) is 3.18. The average Bonchev–Trinajstić information content (AvgIpc) is 2.37. The van der Waals surface area contributed by atoms with E-state index in [-0.39, 0.29) is 5.56 Å². The van der Waals surface area contributed by atoms with E-state index in [9.17, 15) is 9.59 Å². The van der Waals surface area contributed by atoms with Gasteiger partial charge >= 0.3 is 5.97 Å². The summed E-state index contributed by atoms with van der Waals surface area (Å²) in [5.41, 5.74) is 0.959. The molecule has 94 valence electrons. The van der Waals surface area contributed by atoms with Crippen molar-refractivity contribution in [1.29, 1.82) is 0 Å². The molecule has 18 heavy (non-hydrogen) atoms. The molecule has 0 saturated heterocycles. The van der Waals surface area contributed by atoms with Gasteiger partial charge in [-0.05, 0) is 31.4 Å². The fraction of sp³-hybridized carbons (Fsp3) is 0.286. The molecule has 4 heteroatoms. The van der Waals surface area contributed by atoms with Crippen LogP contribution in [0.3, 0.4) is 0 Å². The number of fused-ring (bicyclic) bond motifs is 1. The molecular weight excluding hydrogens is 230 g/mol. The summed E-state index contributed by atoms with van der Waals surface area (Å²) in [5.74, 6) is -1.77. The number of hydrogen-bond acceptors (Lipinski definition) is 2. The normalized spacial score (nSPS) is 12.6. The van der Waals surface area contributed by atoms with E-state index >= 15 is 0 Å². The Balaban J connectivity index is 2.81. The molecule has 1 atom stereocenters. The number of carboxylic acid groups (broad SMARTS) is 1. The summed E-state index contributed by atoms with van der Waals surface area (Å²) >= 11 is 0. The summed E-state index contributed by atoms with van der Waals surface area (Å²) in [4.78, 5) is 23.3. The van der Waals surface area contributed by atoms with Crippen LogP contribution in [0.5, 0.6) is 0 Å². The van der Waals surface area contributed by atoms with Crippen molar-refractivity contribution >= 4 is 16.9 Å². The van der Waals surface area contributed by atoms with Gasteiger partial charge in [-0.25, -0.2) is 0 Å². The lowest BCUT2D eigenvalue weighted by Gasteiger charge is -2.13. The second-order valence-electron chi connectivity index (χ2n) is 4.27. The molecule has 0 saturated carbocycles. The average molecular weight is 245 g/mol. The Bertz CT molecular complexity index is 658. The van der Waals surface area contributed by atoms with Gasteiger partial charge in [0.05, 0.1) is 11.4 Å². The molecule has 0 spiro atoms. The van der Waals surface area contributed by atoms with Crippen molar-refractivity contribution in [1.82, 2.24) is 4.57 Å². The SMILES string of the molecule is CCn1c(=O)c(C(C)C(=O)O)cc2ccccc21. The van der Waals surface area contributed by atoms with Gasteiger partial charge in [0.1, 0.15) is 0 Å². The van der Waals surface area contributed by atoms with E-state index in [2.05, 4.69) is 0 Å². The smallest absolute Gasteiger partial charge is 0.310 e. The molecule has 0 aliphatic carbocycles. The second kappa shape index (κ2) is 4.64. The molecule has 1 N–H and O–H groups in total. The maximum atomic E-state index is 12.3. The van der Waals surface area contributed by atoms with Crippen molar-refractivity contribution < 1.29 is 9.90 Å². The van der Waals surface area contributed by atoms with Gasteiger partial charge in [-0.2, -0.15) is 0 Å². The van der Waals surface area contributed by atoms with Crippen LogP contribution < -0.4 is 5.56 Å². The zero-order chi connectivity index (χ0) is 13.3. The Morgan fingerprint density at radius 1 is 1.39 bits per heavy atom. The van der Waals surface area contributed by atoms with Gasteiger partial charge < -0.3 is 9.67 Å². The third kappa shape index (κ3) is 1.90. The number of pyridine rings is 1. The highest BCUT2D eigenvalue weighted by Gasteiger charge is 2.19. The number of nitrogens with zero attached hydrogens (tertiary/aromatic N) is 1. The lowest BCUT2D eigenvalue weighted by molar-refractivity contribution is -0.138. The predicted octanol–water partition coefficient (Wildman–Crippen LogP) is 2.21. The van der Waals surface area contributed by atoms with Crippen molar-refractivity contribution in [3.8, 4) is 0 Å². The fourth-order valence-corrected chi connectivity index (χ4v) is 2.11. The standard InChI is InChI=1S/C14H15NO3/c1-3-15-12-7-5-4-6-10(12)8-11(13(15)16)9(2)14(17)18/h4-9H,3H2,1-2H3,(H,17,18). The summed E-state index contributed by atoms with van der Waals surface area (Å²) in [5, 5.41) is 9.94. The van der Waals surface area contributed by atoms with E-state index in [1.807, 2.05) is 31.2 Å². The van der Waals surface area contributed by atoms with Crippen molar-refractivity contribution in [2.45, 2.75) is 26.3 Å². The zero-order valence-electron chi connectivity index (χ0n) is 10.4. The summed E-state index contributed by atoms with van der Waals surface area (Å²) in [6.45, 7) is 3.94. The van der Waals surface area contributed by atoms with Gasteiger partial charge in [-0.15, -0.1) is 0 Å². The van der Waals surface area contributed by atoms with Crippen molar-refractivity contribution in [3.05, 3.63) is 46.2 Å². The summed E-state index contributed by atoms with van der Waals surface area (Å²) in [6.07, 6.45) is 0. The van der Waals surface area contributed by atoms with Gasteiger partial charge in [0.2, 0.25) is 0 Å². The number of aromatic nitrogens is 1. The van der Waals surface area contributed by atoms with E-state index < -0.39 is 11.9 Å². The van der Waals surface area contributed by atoms with Crippen LogP contribution in [0.4, 0.5) is 0 Å². The summed E-state index contributed by atoms with van der Waals surface area (Å²) in [6, 6.07) is 9.19. The van der Waals surface area contributed by atoms with Gasteiger partial charge in [0.25, 0.3) is 5.56 Å². The predicted molar refractivity (Wildman–Crippen MR) is 69.9 cm³/mol. The number of carbonyl (C=O) groups is 1. The minimum atomic E-state index is -0.981. The third-order valence-electron chi connectivity index (χ3n) is 3.18. The van der Waals surface area contributed by atoms with E-state index in [0.717, 1.165) is 10.9 Å². The molecule has 1 aromatic heterocycles. The van der Waals surface area contributed by atoms with Crippen LogP contribution in [0.2, 0.25) is 0 Å². The minimum absolute atomic E-state index is 0.217. The monoisotopic (exact) mass is 245 g/mol. The number of benzene rings is 1. The lowest BCUT2D eigenvalue weighted by Crippen LogP contribution is -2.26. The molecule has 4 nitrogen and oxygen atoms in total. The molecule has 1 heterocycles. The van der Waals surface area contributed by atoms with Crippen LogP contribution in [0.25, 0.3) is 10.9 Å². The van der Waals surface area contributed by atoms with E-state index in [0.29, 0.717) is 12.1 Å². The first-order valence-electron chi connectivity index (χ1n) is 5.91. The molecule has 2 rings (SSSR count). The van der Waals surface area contributed by atoms with Crippen LogP contribution in [0.15, 0.2) is 35.1 Å². The van der Waals surface area contributed by atoms with E-state index in [4.69, 9.17) is 5.11 Å². The number of carboxylic acids is 1. The number of aliphatic carboxylic acids is 1. The molecule has 2 aromatic rings. The Hall–Kier alpha value is -2.10. The maximum absolute atomic E-state index is 12.3. The highest BCUT2D eigenvalue weighted by atomic mass is 16.4. The van der Waals surface area contributed by atoms with Crippen molar-refractivity contribution in [3.63, 3.8) is 0 Å². The van der Waals surface area contributed by atoms with Gasteiger partial charge in [0, 0.05) is 12.1 Å². The molecule has 0 amide bonds. The molecule has 1 aromatic carbocycles. The van der Waals surface area contributed by atoms with Crippen LogP contribution >= 0.6 is 0 Å². The van der Waals surface area contributed by atoms with E-state index in [1.165, 1.54) is 6.92 Å². The zero-order valence-corrected chi connectivity index (χ0v) is 10.4. The number of rotatable bonds is 3. The molecule has 1 unspecified atom stereocenters. The Labute approximate surface area is 104 Å². The topological polar surface area (TPSA) is 59.3 Å². The highest BCUT2D eigenvalue weighted by molar-refractivity contribution is 5.82. The molecule has 0 aliphatic rings. The molecule has 0 radical (unpaired) electrons. The molecule has 0 bridgehead atoms. The fourth-order valence-electron chi connectivity index (χ4n) is 2.11. The Morgan fingerprint density at radius 2 is 2.06 bits per heavy atom. The first-order valence-corrected chi connectivity index (χ1v) is 5.91. The first-order chi connectivity index (χ1) is 8.56. The number of hydrogen-bond donors (Lipinski definition) is 1. The van der Waals surface area contributed by atoms with Gasteiger partial charge in [-0.3, -0.25) is 9.59 Å². The molecule has 0 aliphatic heterocycles. The quantitative estimate of drug-likeness (QED) is 0.901. The largest absolute Gasteiger partial charge is 0.481 e. The van der Waals surface area contributed by atoms with E-state index in [1.54, 1.807) is 10.6 Å². The van der Waals surface area contributed by atoms with Crippen LogP contribution in [0, 0.1) is 0 Å². The molecular formula is C14H15NO3. The van der Waals surface area contributed by atoms with Crippen LogP contribution in [0.1, 0.15) is 25.3 Å². The minimum Gasteiger partial charge on any atom is -0.481 e. The van der Waals surface area contributed by atoms with Crippen molar-refractivity contribution in [2.75, 3.05) is 0 Å². The number of aryl methyl sites for hydroxylation is 1. The van der Waals surface area contributed by atoms with Gasteiger partial charge in [0.15, 0.2) is 0 Å². The number of para-hydroxylation sites is 1. The van der Waals surface area contributed by atoms with Crippen molar-refractivity contribution in [2.24, 2.45) is 0 Å². The van der Waals surface area contributed by atoms with Gasteiger partial charge in [-0.1, -0.05) is 18.2 Å². The second-order valence-corrected chi connectivity index (χ2v) is 4.27. The summed E-state index contributed by atoms with van der Waals surface area (Å²) in [7, 11) is 0.